The van der Waals surface area contributed by atoms with E-state index in [2.05, 4.69) is 0 Å². The second-order valence-corrected chi connectivity index (χ2v) is 8.73. The first kappa shape index (κ1) is 24.3. The Kier molecular flexibility index (Phi) is 7.44. The van der Waals surface area contributed by atoms with E-state index in [4.69, 9.17) is 9.47 Å². The molecule has 0 saturated carbocycles. The fraction of sp³-hybridized carbons (Fsp3) is 0.182. The molecule has 0 aliphatic carbocycles. The van der Waals surface area contributed by atoms with Crippen molar-refractivity contribution in [1.82, 2.24) is 4.90 Å². The topological polar surface area (TPSA) is 67.9 Å². The Morgan fingerprint density at radius 2 is 1.45 bits per heavy atom. The van der Waals surface area contributed by atoms with Gasteiger partial charge in [0.2, 0.25) is 11.6 Å². The number of halogens is 4. The van der Waals surface area contributed by atoms with Crippen molar-refractivity contribution in [1.29, 1.82) is 0 Å². The first-order chi connectivity index (χ1) is 15.6. The first-order valence-electron chi connectivity index (χ1n) is 9.59. The van der Waals surface area contributed by atoms with Crippen LogP contribution in [0.1, 0.15) is 0 Å². The summed E-state index contributed by atoms with van der Waals surface area (Å²) in [5, 5.41) is 0. The third kappa shape index (κ3) is 5.74. The van der Waals surface area contributed by atoms with Crippen LogP contribution < -0.4 is 14.2 Å². The van der Waals surface area contributed by atoms with Crippen LogP contribution in [0.3, 0.4) is 0 Å². The lowest BCUT2D eigenvalue weighted by molar-refractivity contribution is 0.233. The highest BCUT2D eigenvalue weighted by Gasteiger charge is 2.34. The van der Waals surface area contributed by atoms with Gasteiger partial charge in [0.25, 0.3) is 10.0 Å². The van der Waals surface area contributed by atoms with E-state index in [1.165, 1.54) is 24.3 Å². The molecule has 0 aromatic heterocycles. The van der Waals surface area contributed by atoms with Crippen molar-refractivity contribution in [3.8, 4) is 17.2 Å². The maximum absolute atomic E-state index is 14.5. The fourth-order valence-electron chi connectivity index (χ4n) is 2.74. The molecule has 3 aromatic carbocycles. The molecule has 176 valence electrons. The summed E-state index contributed by atoms with van der Waals surface area (Å²) in [6.07, 6.45) is 0. The monoisotopic (exact) mass is 484 g/mol. The predicted octanol–water partition coefficient (Wildman–Crippen LogP) is 4.78. The van der Waals surface area contributed by atoms with Crippen molar-refractivity contribution in [3.63, 3.8) is 0 Å². The Labute approximate surface area is 188 Å². The third-order valence-electron chi connectivity index (χ3n) is 4.30. The van der Waals surface area contributed by atoms with Crippen molar-refractivity contribution in [2.24, 2.45) is 0 Å². The summed E-state index contributed by atoms with van der Waals surface area (Å²) >= 11 is 0. The lowest BCUT2D eigenvalue weighted by atomic mass is 10.3. The quantitative estimate of drug-likeness (QED) is 0.350. The van der Waals surface area contributed by atoms with Crippen LogP contribution in [0.25, 0.3) is 0 Å². The van der Waals surface area contributed by atoms with E-state index in [9.17, 15) is 26.0 Å². The highest BCUT2D eigenvalue weighted by Crippen LogP contribution is 2.34. The maximum atomic E-state index is 14.5. The average Bonchev–Trinajstić information content (AvgIpc) is 2.75. The van der Waals surface area contributed by atoms with E-state index in [0.29, 0.717) is 5.75 Å². The molecule has 0 atom stereocenters. The molecule has 0 bridgehead atoms. The molecule has 0 heterocycles. The molecule has 0 amide bonds. The van der Waals surface area contributed by atoms with Crippen LogP contribution in [0.4, 0.5) is 23.2 Å². The van der Waals surface area contributed by atoms with E-state index in [1.54, 1.807) is 49.3 Å². The van der Waals surface area contributed by atoms with E-state index in [1.807, 2.05) is 4.72 Å². The highest BCUT2D eigenvalue weighted by molar-refractivity contribution is 7.92. The standard InChI is InChI=1S/C22H20F4N2O4S/c1-28(2)11-12-31-21-17(23)19(25)22(20(26)18(21)24)33(29,30)27-14-7-6-10-16(13-14)32-15-8-4-3-5-9-15/h3-10,13,27H,11-12H2,1-2H3. The minimum atomic E-state index is -5.06. The summed E-state index contributed by atoms with van der Waals surface area (Å²) in [6.45, 7) is -0.0800. The Morgan fingerprint density at radius 3 is 2.06 bits per heavy atom. The number of para-hydroxylation sites is 1. The van der Waals surface area contributed by atoms with Gasteiger partial charge in [0, 0.05) is 12.6 Å². The molecule has 0 fully saturated rings. The number of rotatable bonds is 9. The molecule has 0 spiro atoms. The molecule has 0 radical (unpaired) electrons. The van der Waals surface area contributed by atoms with E-state index in [0.717, 1.165) is 0 Å². The molecule has 0 unspecified atom stereocenters. The van der Waals surface area contributed by atoms with Gasteiger partial charge in [-0.05, 0) is 38.4 Å². The van der Waals surface area contributed by atoms with Crippen molar-refractivity contribution in [2.75, 3.05) is 32.0 Å². The molecule has 3 rings (SSSR count). The minimum absolute atomic E-state index is 0.144. The van der Waals surface area contributed by atoms with Crippen LogP contribution in [0.5, 0.6) is 17.2 Å². The number of nitrogens with zero attached hydrogens (tertiary/aromatic N) is 1. The largest absolute Gasteiger partial charge is 0.486 e. The zero-order chi connectivity index (χ0) is 24.2. The molecular weight excluding hydrogens is 464 g/mol. The second kappa shape index (κ2) is 10.1. The van der Waals surface area contributed by atoms with E-state index in [-0.39, 0.29) is 24.6 Å². The Balaban J connectivity index is 1.89. The summed E-state index contributed by atoms with van der Waals surface area (Å²) in [6, 6.07) is 14.0. The molecule has 0 saturated heterocycles. The van der Waals surface area contributed by atoms with Crippen LogP contribution in [0.2, 0.25) is 0 Å². The zero-order valence-electron chi connectivity index (χ0n) is 17.6. The van der Waals surface area contributed by atoms with Gasteiger partial charge in [-0.25, -0.2) is 17.2 Å². The normalized spacial score (nSPS) is 11.5. The fourth-order valence-corrected chi connectivity index (χ4v) is 3.93. The van der Waals surface area contributed by atoms with Gasteiger partial charge in [-0.1, -0.05) is 24.3 Å². The second-order valence-electron chi connectivity index (χ2n) is 7.11. The maximum Gasteiger partial charge on any atom is 0.267 e. The first-order valence-corrected chi connectivity index (χ1v) is 11.1. The molecule has 3 aromatic rings. The number of likely N-dealkylation sites (N-methyl/N-ethyl adjacent to an activating group) is 1. The highest BCUT2D eigenvalue weighted by atomic mass is 32.2. The third-order valence-corrected chi connectivity index (χ3v) is 5.70. The predicted molar refractivity (Wildman–Crippen MR) is 114 cm³/mol. The Morgan fingerprint density at radius 1 is 0.848 bits per heavy atom. The van der Waals surface area contributed by atoms with Gasteiger partial charge in [0.1, 0.15) is 18.1 Å². The summed E-state index contributed by atoms with van der Waals surface area (Å²) in [4.78, 5) is -0.187. The number of anilines is 1. The summed E-state index contributed by atoms with van der Waals surface area (Å²) in [5.74, 6) is -8.75. The van der Waals surface area contributed by atoms with E-state index < -0.39 is 43.9 Å². The summed E-state index contributed by atoms with van der Waals surface area (Å²) < 4.78 is 95.3. The van der Waals surface area contributed by atoms with Crippen LogP contribution in [-0.2, 0) is 10.0 Å². The lowest BCUT2D eigenvalue weighted by Gasteiger charge is -2.16. The molecule has 6 nitrogen and oxygen atoms in total. The van der Waals surface area contributed by atoms with Gasteiger partial charge in [0.05, 0.1) is 5.69 Å². The van der Waals surface area contributed by atoms with Crippen LogP contribution in [0.15, 0.2) is 59.5 Å². The van der Waals surface area contributed by atoms with Crippen LogP contribution in [0, 0.1) is 23.3 Å². The summed E-state index contributed by atoms with van der Waals surface area (Å²) in [7, 11) is -1.76. The van der Waals surface area contributed by atoms with Crippen LogP contribution >= 0.6 is 0 Å². The van der Waals surface area contributed by atoms with Crippen molar-refractivity contribution >= 4 is 15.7 Å². The van der Waals surface area contributed by atoms with Gasteiger partial charge in [-0.15, -0.1) is 0 Å². The van der Waals surface area contributed by atoms with Crippen LogP contribution in [-0.4, -0.2) is 40.6 Å². The zero-order valence-corrected chi connectivity index (χ0v) is 18.4. The number of hydrogen-bond acceptors (Lipinski definition) is 5. The molecule has 11 heteroatoms. The number of sulfonamides is 1. The average molecular weight is 484 g/mol. The minimum Gasteiger partial charge on any atom is -0.486 e. The lowest BCUT2D eigenvalue weighted by Crippen LogP contribution is -2.22. The van der Waals surface area contributed by atoms with Gasteiger partial charge < -0.3 is 14.4 Å². The Bertz CT molecular complexity index is 1210. The Hall–Kier alpha value is -3.31. The molecule has 1 N–H and O–H groups in total. The van der Waals surface area contributed by atoms with Crippen molar-refractivity contribution in [3.05, 3.63) is 77.9 Å². The van der Waals surface area contributed by atoms with Gasteiger partial charge >= 0.3 is 0 Å². The molecule has 0 aliphatic heterocycles. The number of ether oxygens (including phenoxy) is 2. The van der Waals surface area contributed by atoms with Gasteiger partial charge in [-0.2, -0.15) is 8.78 Å². The summed E-state index contributed by atoms with van der Waals surface area (Å²) in [5.41, 5.74) is -0.144. The van der Waals surface area contributed by atoms with Crippen molar-refractivity contribution < 1.29 is 35.5 Å². The molecule has 33 heavy (non-hydrogen) atoms. The smallest absolute Gasteiger partial charge is 0.267 e. The molecular formula is C22H20F4N2O4S. The van der Waals surface area contributed by atoms with Crippen molar-refractivity contribution in [2.45, 2.75) is 4.90 Å². The van der Waals surface area contributed by atoms with Gasteiger partial charge in [-0.3, -0.25) is 4.72 Å². The number of nitrogens with one attached hydrogen (secondary N) is 1. The van der Waals surface area contributed by atoms with E-state index >= 15 is 0 Å². The number of hydrogen-bond donors (Lipinski definition) is 1. The number of benzene rings is 3. The molecule has 0 aliphatic rings. The SMILES string of the molecule is CN(C)CCOc1c(F)c(F)c(S(=O)(=O)Nc2cccc(Oc3ccccc3)c2)c(F)c1F. The van der Waals surface area contributed by atoms with Gasteiger partial charge in [0.15, 0.2) is 22.3 Å².